The Morgan fingerprint density at radius 2 is 1.71 bits per heavy atom. The van der Waals surface area contributed by atoms with Crippen molar-refractivity contribution in [3.8, 4) is 11.5 Å². The van der Waals surface area contributed by atoms with Gasteiger partial charge in [0.2, 0.25) is 5.91 Å². The lowest BCUT2D eigenvalue weighted by Crippen LogP contribution is -2.51. The fraction of sp³-hybridized carbons (Fsp3) is 0.703. The Bertz CT molecular complexity index is 1750. The molecule has 0 radical (unpaired) electrons. The predicted molar refractivity (Wildman–Crippen MR) is 203 cm³/mol. The molecule has 3 heterocycles. The van der Waals surface area contributed by atoms with E-state index in [0.717, 1.165) is 42.6 Å². The van der Waals surface area contributed by atoms with Gasteiger partial charge < -0.3 is 19.1 Å². The van der Waals surface area contributed by atoms with E-state index < -0.39 is 33.8 Å². The summed E-state index contributed by atoms with van der Waals surface area (Å²) in [5.41, 5.74) is 3.35. The Labute approximate surface area is 303 Å². The minimum Gasteiger partial charge on any atom is -0.379 e. The van der Waals surface area contributed by atoms with E-state index in [9.17, 15) is 4.79 Å². The van der Waals surface area contributed by atoms with Crippen LogP contribution in [-0.4, -0.2) is 98.4 Å². The standard InChI is InChI=1S/C37H58F2N6O4Si2/c1-10-43(36(46)25(2)42-11-13-47-14-12-42)28-20-29-34(32(39)31(28)38)40-35(44(29)23-48-15-17-50(4,5)6)33-27-19-26-21-37(26,3)22-30(27)45(41-33)24-49-16-18-51(7,8)9/h20,25-26H,10-19,21-24H2,1-9H3/t25?,26-,37-/m1/s1. The number of benzene rings is 1. The van der Waals surface area contributed by atoms with Gasteiger partial charge in [-0.3, -0.25) is 14.3 Å². The molecule has 1 aromatic carbocycles. The van der Waals surface area contributed by atoms with Crippen LogP contribution in [-0.2, 0) is 45.3 Å². The van der Waals surface area contributed by atoms with Crippen LogP contribution in [0, 0.1) is 23.0 Å². The van der Waals surface area contributed by atoms with Gasteiger partial charge in [0.05, 0.1) is 30.5 Å². The summed E-state index contributed by atoms with van der Waals surface area (Å²) in [5.74, 6) is -1.44. The molecule has 1 unspecified atom stereocenters. The molecule has 282 valence electrons. The van der Waals surface area contributed by atoms with E-state index in [2.05, 4.69) is 46.2 Å². The second-order valence-corrected chi connectivity index (χ2v) is 28.8. The lowest BCUT2D eigenvalue weighted by atomic mass is 9.87. The monoisotopic (exact) mass is 744 g/mol. The summed E-state index contributed by atoms with van der Waals surface area (Å²) >= 11 is 0. The van der Waals surface area contributed by atoms with Crippen LogP contribution >= 0.6 is 0 Å². The van der Waals surface area contributed by atoms with Crippen molar-refractivity contribution >= 4 is 38.8 Å². The Hall–Kier alpha value is -2.50. The summed E-state index contributed by atoms with van der Waals surface area (Å²) in [6.07, 6.45) is 2.91. The van der Waals surface area contributed by atoms with Crippen LogP contribution in [0.15, 0.2) is 6.07 Å². The molecule has 0 spiro atoms. The Morgan fingerprint density at radius 3 is 2.33 bits per heavy atom. The molecule has 2 fully saturated rings. The molecule has 10 nitrogen and oxygen atoms in total. The van der Waals surface area contributed by atoms with E-state index in [1.54, 1.807) is 13.0 Å². The van der Waals surface area contributed by atoms with Crippen LogP contribution in [0.4, 0.5) is 14.5 Å². The zero-order chi connectivity index (χ0) is 36.9. The first kappa shape index (κ1) is 38.2. The quantitative estimate of drug-likeness (QED) is 0.122. The summed E-state index contributed by atoms with van der Waals surface area (Å²) in [6, 6.07) is 3.07. The summed E-state index contributed by atoms with van der Waals surface area (Å²) in [4.78, 5) is 22.0. The highest BCUT2D eigenvalue weighted by Crippen LogP contribution is 2.60. The molecule has 1 saturated carbocycles. The van der Waals surface area contributed by atoms with Crippen molar-refractivity contribution < 1.29 is 27.8 Å². The highest BCUT2D eigenvalue weighted by Gasteiger charge is 2.54. The molecule has 2 aliphatic carbocycles. The Balaban J connectivity index is 1.42. The first-order valence-electron chi connectivity index (χ1n) is 18.8. The molecule has 0 N–H and O–H groups in total. The van der Waals surface area contributed by atoms with Gasteiger partial charge in [0.25, 0.3) is 0 Å². The number of halogens is 2. The molecule has 1 aliphatic heterocycles. The number of fused-ring (bicyclic) bond motifs is 3. The average molecular weight is 745 g/mol. The zero-order valence-corrected chi connectivity index (χ0v) is 34.2. The van der Waals surface area contributed by atoms with Crippen LogP contribution in [0.5, 0.6) is 0 Å². The molecule has 6 rings (SSSR count). The summed E-state index contributed by atoms with van der Waals surface area (Å²) in [7, 11) is -2.66. The normalized spacial score (nSPS) is 21.5. The number of carbonyl (C=O) groups is 1. The van der Waals surface area contributed by atoms with E-state index >= 15 is 8.78 Å². The van der Waals surface area contributed by atoms with Crippen molar-refractivity contribution in [2.24, 2.45) is 11.3 Å². The van der Waals surface area contributed by atoms with E-state index in [1.807, 2.05) is 21.1 Å². The van der Waals surface area contributed by atoms with E-state index in [1.165, 1.54) is 4.90 Å². The molecule has 1 amide bonds. The van der Waals surface area contributed by atoms with Gasteiger partial charge in [0.15, 0.2) is 17.5 Å². The fourth-order valence-corrected chi connectivity index (χ4v) is 8.96. The van der Waals surface area contributed by atoms with Crippen molar-refractivity contribution in [2.45, 2.75) is 111 Å². The van der Waals surface area contributed by atoms with Crippen molar-refractivity contribution in [1.29, 1.82) is 0 Å². The van der Waals surface area contributed by atoms with Crippen LogP contribution < -0.4 is 4.90 Å². The predicted octanol–water partition coefficient (Wildman–Crippen LogP) is 7.00. The number of likely N-dealkylation sites (N-methyl/N-ethyl adjacent to an activating group) is 1. The third-order valence-electron chi connectivity index (χ3n) is 11.1. The van der Waals surface area contributed by atoms with Gasteiger partial charge in [0, 0.05) is 60.3 Å². The van der Waals surface area contributed by atoms with E-state index in [-0.39, 0.29) is 35.8 Å². The molecule has 0 bridgehead atoms. The van der Waals surface area contributed by atoms with Gasteiger partial charge in [-0.05, 0) is 62.6 Å². The smallest absolute Gasteiger partial charge is 0.244 e. The molecule has 1 saturated heterocycles. The number of morpholine rings is 1. The largest absolute Gasteiger partial charge is 0.379 e. The lowest BCUT2D eigenvalue weighted by molar-refractivity contribution is -0.124. The van der Waals surface area contributed by atoms with E-state index in [0.29, 0.717) is 69.2 Å². The fourth-order valence-electron chi connectivity index (χ4n) is 7.45. The van der Waals surface area contributed by atoms with Crippen LogP contribution in [0.1, 0.15) is 38.4 Å². The van der Waals surface area contributed by atoms with Crippen LogP contribution in [0.3, 0.4) is 0 Å². The second kappa shape index (κ2) is 14.7. The van der Waals surface area contributed by atoms with Gasteiger partial charge in [-0.2, -0.15) is 5.10 Å². The summed E-state index contributed by atoms with van der Waals surface area (Å²) < 4.78 is 54.2. The number of nitrogens with zero attached hydrogens (tertiary/aromatic N) is 6. The molecule has 3 aromatic rings. The molecular formula is C37H58F2N6O4Si2. The minimum absolute atomic E-state index is 0.0912. The molecule has 2 aromatic heterocycles. The maximum absolute atomic E-state index is 16.3. The highest BCUT2D eigenvalue weighted by atomic mass is 28.3. The zero-order valence-electron chi connectivity index (χ0n) is 32.2. The SMILES string of the molecule is CCN(C(=O)C(C)N1CCOCC1)c1cc2c(nc(-c3nn(COCC[Si](C)(C)C)c4c3C[C@@H]3C[C@]3(C)C4)n2COCC[Si](C)(C)C)c(F)c1F. The first-order chi connectivity index (χ1) is 24.0. The van der Waals surface area contributed by atoms with Crippen LogP contribution in [0.25, 0.3) is 22.6 Å². The summed E-state index contributed by atoms with van der Waals surface area (Å²) in [5, 5.41) is 5.11. The number of aromatic nitrogens is 4. The maximum Gasteiger partial charge on any atom is 0.244 e. The number of amides is 1. The molecule has 51 heavy (non-hydrogen) atoms. The van der Waals surface area contributed by atoms with Crippen LogP contribution in [0.2, 0.25) is 51.4 Å². The maximum atomic E-state index is 16.3. The number of ether oxygens (including phenoxy) is 3. The Kier molecular flexibility index (Phi) is 11.0. The molecule has 3 atom stereocenters. The van der Waals surface area contributed by atoms with Gasteiger partial charge in [-0.15, -0.1) is 0 Å². The molecule has 14 heteroatoms. The summed E-state index contributed by atoms with van der Waals surface area (Å²) in [6.45, 7) is 23.9. The first-order valence-corrected chi connectivity index (χ1v) is 26.2. The van der Waals surface area contributed by atoms with Gasteiger partial charge >= 0.3 is 0 Å². The van der Waals surface area contributed by atoms with Gasteiger partial charge in [-0.1, -0.05) is 46.2 Å². The second-order valence-electron chi connectivity index (χ2n) is 17.6. The van der Waals surface area contributed by atoms with Gasteiger partial charge in [0.1, 0.15) is 24.7 Å². The van der Waals surface area contributed by atoms with Crippen molar-refractivity contribution in [2.75, 3.05) is 51.0 Å². The molecular weight excluding hydrogens is 687 g/mol. The van der Waals surface area contributed by atoms with Crippen molar-refractivity contribution in [3.63, 3.8) is 0 Å². The molecule has 3 aliphatic rings. The van der Waals surface area contributed by atoms with Crippen molar-refractivity contribution in [1.82, 2.24) is 24.2 Å². The number of hydrogen-bond donors (Lipinski definition) is 0. The lowest BCUT2D eigenvalue weighted by Gasteiger charge is -2.34. The number of hydrogen-bond acceptors (Lipinski definition) is 7. The third kappa shape index (κ3) is 8.20. The number of rotatable bonds is 15. The minimum atomic E-state index is -1.39. The number of imidazole rings is 1. The third-order valence-corrected chi connectivity index (χ3v) is 14.5. The van der Waals surface area contributed by atoms with E-state index in [4.69, 9.17) is 24.3 Å². The van der Waals surface area contributed by atoms with Gasteiger partial charge in [-0.25, -0.2) is 18.4 Å². The highest BCUT2D eigenvalue weighted by molar-refractivity contribution is 6.76. The average Bonchev–Trinajstić information content (AvgIpc) is 3.43. The van der Waals surface area contributed by atoms with Crippen molar-refractivity contribution in [3.05, 3.63) is 29.0 Å². The topological polar surface area (TPSA) is 86.9 Å². The number of carbonyl (C=O) groups excluding carboxylic acids is 1. The number of anilines is 1. The Morgan fingerprint density at radius 1 is 1.06 bits per heavy atom.